The molecule has 0 aliphatic heterocycles. The summed E-state index contributed by atoms with van der Waals surface area (Å²) in [5.41, 5.74) is 2.90. The van der Waals surface area contributed by atoms with Crippen LogP contribution in [0.1, 0.15) is 45.2 Å². The predicted octanol–water partition coefficient (Wildman–Crippen LogP) is 3.38. The smallest absolute Gasteiger partial charge is 0.0436 e. The summed E-state index contributed by atoms with van der Waals surface area (Å²) in [6, 6.07) is 8.89. The molecule has 2 heteroatoms. The van der Waals surface area contributed by atoms with E-state index in [9.17, 15) is 0 Å². The van der Waals surface area contributed by atoms with Gasteiger partial charge in [-0.1, -0.05) is 52.0 Å². The van der Waals surface area contributed by atoms with Gasteiger partial charge in [0, 0.05) is 19.7 Å². The van der Waals surface area contributed by atoms with Crippen molar-refractivity contribution < 1.29 is 5.11 Å². The first-order valence-corrected chi connectivity index (χ1v) is 7.32. The van der Waals surface area contributed by atoms with Gasteiger partial charge >= 0.3 is 0 Å². The lowest BCUT2D eigenvalue weighted by Gasteiger charge is -2.24. The average molecular weight is 263 g/mol. The van der Waals surface area contributed by atoms with Gasteiger partial charge in [0.25, 0.3) is 0 Å². The molecule has 2 N–H and O–H groups in total. The molecule has 108 valence electrons. The van der Waals surface area contributed by atoms with Crippen LogP contribution >= 0.6 is 0 Å². The van der Waals surface area contributed by atoms with Crippen LogP contribution in [0.5, 0.6) is 0 Å². The van der Waals surface area contributed by atoms with E-state index in [-0.39, 0.29) is 12.0 Å². The van der Waals surface area contributed by atoms with Crippen molar-refractivity contribution in [2.75, 3.05) is 13.2 Å². The predicted molar refractivity (Wildman–Crippen MR) is 82.2 cm³/mol. The maximum atomic E-state index is 8.99. The minimum absolute atomic E-state index is 0.159. The van der Waals surface area contributed by atoms with Crippen LogP contribution in [0.3, 0.4) is 0 Å². The Balaban J connectivity index is 2.38. The molecule has 0 saturated heterocycles. The van der Waals surface area contributed by atoms with E-state index < -0.39 is 0 Å². The molecule has 0 bridgehead atoms. The Hall–Kier alpha value is -0.860. The normalized spacial score (nSPS) is 12.1. The van der Waals surface area contributed by atoms with Gasteiger partial charge in [0.05, 0.1) is 0 Å². The van der Waals surface area contributed by atoms with E-state index in [4.69, 9.17) is 5.11 Å². The molecule has 0 spiro atoms. The lowest BCUT2D eigenvalue weighted by atomic mass is 9.90. The van der Waals surface area contributed by atoms with Gasteiger partial charge in [0.15, 0.2) is 0 Å². The van der Waals surface area contributed by atoms with Crippen molar-refractivity contribution in [3.05, 3.63) is 35.4 Å². The number of benzene rings is 1. The van der Waals surface area contributed by atoms with Crippen LogP contribution in [0.15, 0.2) is 24.3 Å². The molecule has 0 atom stereocenters. The highest BCUT2D eigenvalue weighted by molar-refractivity contribution is 5.22. The standard InChI is InChI=1S/C17H29NO/c1-14(2)11-15-5-7-16(8-6-15)12-18-13-17(3,4)9-10-19/h5-8,14,18-19H,9-13H2,1-4H3. The van der Waals surface area contributed by atoms with E-state index >= 15 is 0 Å². The second-order valence-corrected chi connectivity index (χ2v) is 6.66. The van der Waals surface area contributed by atoms with E-state index in [2.05, 4.69) is 57.3 Å². The molecule has 0 radical (unpaired) electrons. The summed E-state index contributed by atoms with van der Waals surface area (Å²) >= 11 is 0. The number of aliphatic hydroxyl groups excluding tert-OH is 1. The summed E-state index contributed by atoms with van der Waals surface area (Å²) in [4.78, 5) is 0. The number of aliphatic hydroxyl groups is 1. The third kappa shape index (κ3) is 6.74. The molecule has 0 saturated carbocycles. The molecule has 0 aromatic heterocycles. The molecule has 0 aliphatic carbocycles. The largest absolute Gasteiger partial charge is 0.396 e. The molecule has 1 aromatic rings. The number of hydrogen-bond donors (Lipinski definition) is 2. The molecule has 0 amide bonds. The first-order valence-electron chi connectivity index (χ1n) is 7.32. The topological polar surface area (TPSA) is 32.3 Å². The molecule has 0 aliphatic rings. The summed E-state index contributed by atoms with van der Waals surface area (Å²) in [6.45, 7) is 11.0. The Morgan fingerprint density at radius 2 is 1.68 bits per heavy atom. The molecule has 2 nitrogen and oxygen atoms in total. The Morgan fingerprint density at radius 1 is 1.11 bits per heavy atom. The molecule has 0 fully saturated rings. The monoisotopic (exact) mass is 263 g/mol. The highest BCUT2D eigenvalue weighted by Gasteiger charge is 2.16. The molecule has 0 unspecified atom stereocenters. The van der Waals surface area contributed by atoms with Gasteiger partial charge in [0.1, 0.15) is 0 Å². The summed E-state index contributed by atoms with van der Waals surface area (Å²) in [5.74, 6) is 0.711. The van der Waals surface area contributed by atoms with Gasteiger partial charge in [-0.05, 0) is 35.3 Å². The second kappa shape index (κ2) is 7.66. The molecule has 19 heavy (non-hydrogen) atoms. The highest BCUT2D eigenvalue weighted by Crippen LogP contribution is 2.18. The van der Waals surface area contributed by atoms with Crippen molar-refractivity contribution in [1.29, 1.82) is 0 Å². The minimum atomic E-state index is 0.159. The van der Waals surface area contributed by atoms with E-state index in [1.807, 2.05) is 0 Å². The Labute approximate surface area is 118 Å². The third-order valence-electron chi connectivity index (χ3n) is 3.39. The fourth-order valence-electron chi connectivity index (χ4n) is 2.20. The van der Waals surface area contributed by atoms with Gasteiger partial charge in [-0.15, -0.1) is 0 Å². The van der Waals surface area contributed by atoms with Gasteiger partial charge in [-0.3, -0.25) is 0 Å². The van der Waals surface area contributed by atoms with E-state index in [1.54, 1.807) is 0 Å². The highest BCUT2D eigenvalue weighted by atomic mass is 16.3. The number of nitrogens with one attached hydrogen (secondary N) is 1. The second-order valence-electron chi connectivity index (χ2n) is 6.66. The van der Waals surface area contributed by atoms with Crippen molar-refractivity contribution in [2.45, 2.75) is 47.1 Å². The lowest BCUT2D eigenvalue weighted by Crippen LogP contribution is -2.29. The van der Waals surface area contributed by atoms with Crippen LogP contribution in [0.2, 0.25) is 0 Å². The number of rotatable bonds is 8. The van der Waals surface area contributed by atoms with Crippen LogP contribution in [-0.2, 0) is 13.0 Å². The van der Waals surface area contributed by atoms with Crippen molar-refractivity contribution in [3.63, 3.8) is 0 Å². The first kappa shape index (κ1) is 16.2. The molecule has 1 rings (SSSR count). The maximum Gasteiger partial charge on any atom is 0.0436 e. The van der Waals surface area contributed by atoms with Crippen LogP contribution in [-0.4, -0.2) is 18.3 Å². The SMILES string of the molecule is CC(C)Cc1ccc(CNCC(C)(C)CCO)cc1. The zero-order chi connectivity index (χ0) is 14.3. The molecular formula is C17H29NO. The number of hydrogen-bond acceptors (Lipinski definition) is 2. The van der Waals surface area contributed by atoms with Crippen molar-refractivity contribution >= 4 is 0 Å². The zero-order valence-corrected chi connectivity index (χ0v) is 12.9. The Bertz CT molecular complexity index is 354. The third-order valence-corrected chi connectivity index (χ3v) is 3.39. The Morgan fingerprint density at radius 3 is 2.21 bits per heavy atom. The van der Waals surface area contributed by atoms with Crippen molar-refractivity contribution in [1.82, 2.24) is 5.32 Å². The summed E-state index contributed by atoms with van der Waals surface area (Å²) < 4.78 is 0. The van der Waals surface area contributed by atoms with E-state index in [0.717, 1.165) is 25.9 Å². The van der Waals surface area contributed by atoms with Gasteiger partial charge in [-0.2, -0.15) is 0 Å². The van der Waals surface area contributed by atoms with Crippen LogP contribution in [0.4, 0.5) is 0 Å². The lowest BCUT2D eigenvalue weighted by molar-refractivity contribution is 0.207. The fraction of sp³-hybridized carbons (Fsp3) is 0.647. The molecule has 0 heterocycles. The fourth-order valence-corrected chi connectivity index (χ4v) is 2.20. The van der Waals surface area contributed by atoms with E-state index in [0.29, 0.717) is 5.92 Å². The summed E-state index contributed by atoms with van der Waals surface area (Å²) in [6.07, 6.45) is 1.99. The summed E-state index contributed by atoms with van der Waals surface area (Å²) in [7, 11) is 0. The van der Waals surface area contributed by atoms with Crippen molar-refractivity contribution in [2.24, 2.45) is 11.3 Å². The molecule has 1 aromatic carbocycles. The average Bonchev–Trinajstić information content (AvgIpc) is 2.30. The van der Waals surface area contributed by atoms with Gasteiger partial charge in [0.2, 0.25) is 0 Å². The van der Waals surface area contributed by atoms with Crippen LogP contribution in [0, 0.1) is 11.3 Å². The van der Waals surface area contributed by atoms with Gasteiger partial charge in [-0.25, -0.2) is 0 Å². The Kier molecular flexibility index (Phi) is 6.53. The van der Waals surface area contributed by atoms with Gasteiger partial charge < -0.3 is 10.4 Å². The van der Waals surface area contributed by atoms with Crippen molar-refractivity contribution in [3.8, 4) is 0 Å². The van der Waals surface area contributed by atoms with Crippen LogP contribution < -0.4 is 5.32 Å². The quantitative estimate of drug-likeness (QED) is 0.753. The zero-order valence-electron chi connectivity index (χ0n) is 12.9. The van der Waals surface area contributed by atoms with E-state index in [1.165, 1.54) is 11.1 Å². The maximum absolute atomic E-state index is 8.99. The first-order chi connectivity index (χ1) is 8.93. The summed E-state index contributed by atoms with van der Waals surface area (Å²) in [5, 5.41) is 12.5. The molecular weight excluding hydrogens is 234 g/mol. The minimum Gasteiger partial charge on any atom is -0.396 e. The van der Waals surface area contributed by atoms with Crippen LogP contribution in [0.25, 0.3) is 0 Å².